The highest BCUT2D eigenvalue weighted by Crippen LogP contribution is 2.38. The number of alkyl halides is 5. The molecule has 1 fully saturated rings. The van der Waals surface area contributed by atoms with Crippen molar-refractivity contribution >= 4 is 23.5 Å². The normalized spacial score (nSPS) is 17.3. The minimum atomic E-state index is -4.79. The first-order valence-corrected chi connectivity index (χ1v) is 9.62. The molecule has 6 nitrogen and oxygen atoms in total. The average molecular weight is 435 g/mol. The van der Waals surface area contributed by atoms with Crippen LogP contribution < -0.4 is 10.5 Å². The molecule has 158 valence electrons. The molecule has 2 heterocycles. The van der Waals surface area contributed by atoms with Crippen LogP contribution in [0.2, 0.25) is 0 Å². The maximum absolute atomic E-state index is 13.4. The standard InChI is InChI=1S/C17H18F5N5OS/c18-16(19)4-1-10(2-5-16)9-27-14(12(8-25-27)17(20,21)22)15(28)26-11-3-6-24-13(7-11)29-23/h3,6-8,10H,1-2,4-5,9,23H2,(H,24,26,28). The predicted molar refractivity (Wildman–Crippen MR) is 96.4 cm³/mol. The van der Waals surface area contributed by atoms with Gasteiger partial charge >= 0.3 is 6.18 Å². The van der Waals surface area contributed by atoms with Crippen molar-refractivity contribution in [1.29, 1.82) is 0 Å². The van der Waals surface area contributed by atoms with Crippen molar-refractivity contribution in [2.24, 2.45) is 11.1 Å². The molecule has 0 saturated heterocycles. The van der Waals surface area contributed by atoms with Crippen LogP contribution in [0.1, 0.15) is 41.7 Å². The van der Waals surface area contributed by atoms with Gasteiger partial charge in [0.15, 0.2) is 0 Å². The van der Waals surface area contributed by atoms with Crippen LogP contribution in [0.3, 0.4) is 0 Å². The molecule has 3 N–H and O–H groups in total. The Bertz CT molecular complexity index is 875. The van der Waals surface area contributed by atoms with Crippen LogP contribution >= 0.6 is 11.9 Å². The third-order valence-corrected chi connectivity index (χ3v) is 5.21. The van der Waals surface area contributed by atoms with Gasteiger partial charge in [0.25, 0.3) is 5.91 Å². The molecule has 0 unspecified atom stereocenters. The number of anilines is 1. The van der Waals surface area contributed by atoms with Gasteiger partial charge in [0.1, 0.15) is 16.3 Å². The van der Waals surface area contributed by atoms with Crippen LogP contribution in [0, 0.1) is 5.92 Å². The smallest absolute Gasteiger partial charge is 0.320 e. The van der Waals surface area contributed by atoms with E-state index < -0.39 is 29.3 Å². The number of nitrogens with one attached hydrogen (secondary N) is 1. The second-order valence-corrected chi connectivity index (χ2v) is 7.49. The van der Waals surface area contributed by atoms with Crippen molar-refractivity contribution in [3.8, 4) is 0 Å². The van der Waals surface area contributed by atoms with Gasteiger partial charge in [-0.25, -0.2) is 13.8 Å². The summed E-state index contributed by atoms with van der Waals surface area (Å²) >= 11 is 0.820. The van der Waals surface area contributed by atoms with Crippen molar-refractivity contribution in [2.45, 2.75) is 49.4 Å². The Labute approximate surface area is 167 Å². The van der Waals surface area contributed by atoms with E-state index >= 15 is 0 Å². The lowest BCUT2D eigenvalue weighted by Gasteiger charge is -2.28. The van der Waals surface area contributed by atoms with E-state index in [2.05, 4.69) is 15.4 Å². The van der Waals surface area contributed by atoms with Gasteiger partial charge in [-0.3, -0.25) is 14.6 Å². The molecule has 0 radical (unpaired) electrons. The fraction of sp³-hybridized carbons (Fsp3) is 0.471. The number of hydrogen-bond donors (Lipinski definition) is 2. The number of hydrogen-bond acceptors (Lipinski definition) is 5. The summed E-state index contributed by atoms with van der Waals surface area (Å²) in [6, 6.07) is 2.83. The summed E-state index contributed by atoms with van der Waals surface area (Å²) in [5, 5.41) is 11.9. The van der Waals surface area contributed by atoms with Crippen molar-refractivity contribution in [3.05, 3.63) is 35.8 Å². The van der Waals surface area contributed by atoms with E-state index in [1.54, 1.807) is 0 Å². The van der Waals surface area contributed by atoms with Crippen molar-refractivity contribution in [2.75, 3.05) is 5.32 Å². The fourth-order valence-corrected chi connectivity index (χ4v) is 3.56. The number of rotatable bonds is 5. The molecule has 0 spiro atoms. The van der Waals surface area contributed by atoms with E-state index in [4.69, 9.17) is 5.14 Å². The lowest BCUT2D eigenvalue weighted by atomic mass is 9.87. The Hall–Kier alpha value is -2.21. The second-order valence-electron chi connectivity index (χ2n) is 6.84. The Kier molecular flexibility index (Phi) is 6.13. The van der Waals surface area contributed by atoms with Gasteiger partial charge in [0.05, 0.1) is 6.20 Å². The minimum Gasteiger partial charge on any atom is -0.320 e. The number of carbonyl (C=O) groups excluding carboxylic acids is 1. The Balaban J connectivity index is 1.85. The summed E-state index contributed by atoms with van der Waals surface area (Å²) < 4.78 is 67.8. The van der Waals surface area contributed by atoms with Crippen LogP contribution in [0.15, 0.2) is 29.6 Å². The first-order valence-electron chi connectivity index (χ1n) is 8.74. The SMILES string of the molecule is NSc1cc(NC(=O)c2c(C(F)(F)F)cnn2CC2CCC(F)(F)CC2)ccn1. The molecular weight excluding hydrogens is 417 g/mol. The zero-order chi connectivity index (χ0) is 21.2. The summed E-state index contributed by atoms with van der Waals surface area (Å²) in [5.74, 6) is -4.05. The van der Waals surface area contributed by atoms with Gasteiger partial charge in [-0.15, -0.1) is 0 Å². The molecule has 3 rings (SSSR count). The van der Waals surface area contributed by atoms with Gasteiger partial charge in [0, 0.05) is 31.3 Å². The third kappa shape index (κ3) is 5.24. The quantitative estimate of drug-likeness (QED) is 0.539. The zero-order valence-corrected chi connectivity index (χ0v) is 15.9. The van der Waals surface area contributed by atoms with Crippen LogP contribution in [0.5, 0.6) is 0 Å². The van der Waals surface area contributed by atoms with E-state index in [9.17, 15) is 26.7 Å². The molecule has 12 heteroatoms. The number of nitrogens with two attached hydrogens (primary N) is 1. The third-order valence-electron chi connectivity index (χ3n) is 4.74. The van der Waals surface area contributed by atoms with Crippen LogP contribution in [-0.2, 0) is 12.7 Å². The Morgan fingerprint density at radius 2 is 2.03 bits per heavy atom. The molecule has 0 aromatic carbocycles. The average Bonchev–Trinajstić information content (AvgIpc) is 3.08. The maximum atomic E-state index is 13.4. The van der Waals surface area contributed by atoms with E-state index in [1.807, 2.05) is 0 Å². The molecule has 0 atom stereocenters. The van der Waals surface area contributed by atoms with Crippen molar-refractivity contribution in [1.82, 2.24) is 14.8 Å². The van der Waals surface area contributed by atoms with Crippen LogP contribution in [-0.4, -0.2) is 26.6 Å². The summed E-state index contributed by atoms with van der Waals surface area (Å²) in [6.07, 6.45) is -3.21. The van der Waals surface area contributed by atoms with Gasteiger partial charge < -0.3 is 5.32 Å². The number of aromatic nitrogens is 3. The highest BCUT2D eigenvalue weighted by molar-refractivity contribution is 7.97. The van der Waals surface area contributed by atoms with Crippen molar-refractivity contribution < 1.29 is 26.7 Å². The maximum Gasteiger partial charge on any atom is 0.420 e. The number of amides is 1. The number of carbonyl (C=O) groups is 1. The predicted octanol–water partition coefficient (Wildman–Crippen LogP) is 4.34. The molecule has 1 aliphatic carbocycles. The lowest BCUT2D eigenvalue weighted by molar-refractivity contribution is -0.138. The molecule has 1 amide bonds. The highest BCUT2D eigenvalue weighted by atomic mass is 32.2. The van der Waals surface area contributed by atoms with Gasteiger partial charge in [-0.2, -0.15) is 18.3 Å². The van der Waals surface area contributed by atoms with Crippen LogP contribution in [0.25, 0.3) is 0 Å². The summed E-state index contributed by atoms with van der Waals surface area (Å²) in [5.41, 5.74) is -1.62. The lowest BCUT2D eigenvalue weighted by Crippen LogP contribution is -2.29. The molecular formula is C17H18F5N5OS. The first-order chi connectivity index (χ1) is 13.6. The van der Waals surface area contributed by atoms with Crippen LogP contribution in [0.4, 0.5) is 27.6 Å². The number of nitrogens with zero attached hydrogens (tertiary/aromatic N) is 3. The van der Waals surface area contributed by atoms with E-state index in [1.165, 1.54) is 18.3 Å². The minimum absolute atomic E-state index is 0.0465. The first kappa shape index (κ1) is 21.5. The Morgan fingerprint density at radius 3 is 2.66 bits per heavy atom. The van der Waals surface area contributed by atoms with E-state index in [-0.39, 0.29) is 43.8 Å². The summed E-state index contributed by atoms with van der Waals surface area (Å²) in [6.45, 7) is -0.0465. The number of halogens is 5. The summed E-state index contributed by atoms with van der Waals surface area (Å²) in [7, 11) is 0. The molecule has 0 aliphatic heterocycles. The molecule has 0 bridgehead atoms. The highest BCUT2D eigenvalue weighted by Gasteiger charge is 2.40. The Morgan fingerprint density at radius 1 is 1.34 bits per heavy atom. The molecule has 1 saturated carbocycles. The number of pyridine rings is 1. The summed E-state index contributed by atoms with van der Waals surface area (Å²) in [4.78, 5) is 16.6. The molecule has 2 aromatic rings. The monoisotopic (exact) mass is 435 g/mol. The molecule has 29 heavy (non-hydrogen) atoms. The van der Waals surface area contributed by atoms with Crippen molar-refractivity contribution in [3.63, 3.8) is 0 Å². The van der Waals surface area contributed by atoms with Gasteiger partial charge in [-0.1, -0.05) is 0 Å². The van der Waals surface area contributed by atoms with E-state index in [0.29, 0.717) is 11.2 Å². The van der Waals surface area contributed by atoms with Gasteiger partial charge in [-0.05, 0) is 42.8 Å². The van der Waals surface area contributed by atoms with E-state index in [0.717, 1.165) is 16.6 Å². The van der Waals surface area contributed by atoms with Gasteiger partial charge in [0.2, 0.25) is 5.92 Å². The topological polar surface area (TPSA) is 85.8 Å². The largest absolute Gasteiger partial charge is 0.420 e. The molecule has 2 aromatic heterocycles. The fourth-order valence-electron chi connectivity index (χ4n) is 3.24. The zero-order valence-electron chi connectivity index (χ0n) is 15.0. The molecule has 1 aliphatic rings. The second kappa shape index (κ2) is 8.27.